The molecule has 0 saturated heterocycles. The lowest BCUT2D eigenvalue weighted by Gasteiger charge is -2.09. The van der Waals surface area contributed by atoms with Gasteiger partial charge in [0.15, 0.2) is 0 Å². The highest BCUT2D eigenvalue weighted by Crippen LogP contribution is 2.35. The number of nitrogens with zero attached hydrogens (tertiary/aromatic N) is 1. The van der Waals surface area contributed by atoms with Gasteiger partial charge in [-0.15, -0.1) is 0 Å². The van der Waals surface area contributed by atoms with Crippen LogP contribution >= 0.6 is 0 Å². The Morgan fingerprint density at radius 3 is 2.26 bits per heavy atom. The molecule has 0 radical (unpaired) electrons. The second-order valence-electron chi connectivity index (χ2n) is 6.68. The molecule has 0 unspecified atom stereocenters. The maximum atomic E-state index is 12.7. The number of esters is 1. The molecule has 0 saturated carbocycles. The van der Waals surface area contributed by atoms with Gasteiger partial charge in [-0.1, -0.05) is 66.7 Å². The van der Waals surface area contributed by atoms with Crippen LogP contribution in [0.5, 0.6) is 0 Å². The summed E-state index contributed by atoms with van der Waals surface area (Å²) in [4.78, 5) is 12.7. The van der Waals surface area contributed by atoms with Gasteiger partial charge >= 0.3 is 5.97 Å². The van der Waals surface area contributed by atoms with Crippen LogP contribution in [-0.2, 0) is 11.2 Å². The van der Waals surface area contributed by atoms with Gasteiger partial charge in [-0.2, -0.15) is 0 Å². The molecule has 0 spiro atoms. The van der Waals surface area contributed by atoms with Crippen molar-refractivity contribution in [1.29, 1.82) is 0 Å². The molecule has 0 amide bonds. The van der Waals surface area contributed by atoms with E-state index < -0.39 is 0 Å². The molecule has 3 nitrogen and oxygen atoms in total. The van der Waals surface area contributed by atoms with E-state index in [1.807, 2.05) is 60.7 Å². The number of benzene rings is 2. The van der Waals surface area contributed by atoms with Crippen LogP contribution in [-0.4, -0.2) is 17.5 Å². The summed E-state index contributed by atoms with van der Waals surface area (Å²) in [6, 6.07) is 24.4. The number of aromatic nitrogens is 1. The lowest BCUT2D eigenvalue weighted by molar-refractivity contribution is 0.0604. The van der Waals surface area contributed by atoms with Crippen LogP contribution in [0.3, 0.4) is 0 Å². The van der Waals surface area contributed by atoms with Gasteiger partial charge in [-0.25, -0.2) is 4.79 Å². The highest BCUT2D eigenvalue weighted by atomic mass is 16.5. The molecule has 0 aliphatic carbocycles. The number of carbonyl (C=O) groups excluding carboxylic acids is 1. The molecule has 134 valence electrons. The Kier molecular flexibility index (Phi) is 4.51. The van der Waals surface area contributed by atoms with Crippen molar-refractivity contribution in [2.45, 2.75) is 13.3 Å². The van der Waals surface area contributed by atoms with Gasteiger partial charge in [0, 0.05) is 23.9 Å². The van der Waals surface area contributed by atoms with Crippen molar-refractivity contribution in [3.63, 3.8) is 0 Å². The van der Waals surface area contributed by atoms with Gasteiger partial charge in [0.2, 0.25) is 0 Å². The topological polar surface area (TPSA) is 30.7 Å². The summed E-state index contributed by atoms with van der Waals surface area (Å²) in [5, 5.41) is 0. The average molecular weight is 355 g/mol. The van der Waals surface area contributed by atoms with Gasteiger partial charge in [0.05, 0.1) is 18.2 Å². The van der Waals surface area contributed by atoms with Crippen LogP contribution < -0.4 is 0 Å². The summed E-state index contributed by atoms with van der Waals surface area (Å²) in [5.74, 6) is -0.311. The van der Waals surface area contributed by atoms with Crippen molar-refractivity contribution in [2.75, 3.05) is 7.11 Å². The zero-order valence-corrected chi connectivity index (χ0v) is 15.5. The number of hydrogen-bond donors (Lipinski definition) is 0. The lowest BCUT2D eigenvalue weighted by atomic mass is 9.97. The van der Waals surface area contributed by atoms with Gasteiger partial charge in [0.25, 0.3) is 0 Å². The monoisotopic (exact) mass is 355 g/mol. The van der Waals surface area contributed by atoms with Gasteiger partial charge in [-0.3, -0.25) is 0 Å². The Morgan fingerprint density at radius 1 is 0.926 bits per heavy atom. The second kappa shape index (κ2) is 7.12. The van der Waals surface area contributed by atoms with Crippen LogP contribution in [0, 0.1) is 6.92 Å². The largest absolute Gasteiger partial charge is 0.465 e. The maximum absolute atomic E-state index is 12.7. The Morgan fingerprint density at radius 2 is 1.59 bits per heavy atom. The SMILES string of the molecule is COC(=O)c1c(-c2ccccc2)c(Cc2ccccc2)n2cc(C)ccc12. The van der Waals surface area contributed by atoms with E-state index in [0.717, 1.165) is 34.3 Å². The minimum atomic E-state index is -0.311. The number of ether oxygens (including phenoxy) is 1. The number of methoxy groups -OCH3 is 1. The predicted molar refractivity (Wildman–Crippen MR) is 108 cm³/mol. The van der Waals surface area contributed by atoms with E-state index in [4.69, 9.17) is 4.74 Å². The summed E-state index contributed by atoms with van der Waals surface area (Å²) >= 11 is 0. The van der Waals surface area contributed by atoms with E-state index in [9.17, 15) is 4.79 Å². The maximum Gasteiger partial charge on any atom is 0.340 e. The molecule has 27 heavy (non-hydrogen) atoms. The first-order valence-electron chi connectivity index (χ1n) is 9.00. The van der Waals surface area contributed by atoms with Crippen molar-refractivity contribution in [3.8, 4) is 11.1 Å². The normalized spacial score (nSPS) is 10.9. The third kappa shape index (κ3) is 3.13. The van der Waals surface area contributed by atoms with Crippen molar-refractivity contribution in [2.24, 2.45) is 0 Å². The number of fused-ring (bicyclic) bond motifs is 1. The first kappa shape index (κ1) is 17.1. The molecule has 2 aromatic carbocycles. The van der Waals surface area contributed by atoms with Crippen LogP contribution in [0.2, 0.25) is 0 Å². The minimum Gasteiger partial charge on any atom is -0.465 e. The highest BCUT2D eigenvalue weighted by molar-refractivity contribution is 6.05. The minimum absolute atomic E-state index is 0.311. The summed E-state index contributed by atoms with van der Waals surface area (Å²) in [5.41, 5.74) is 6.88. The molecule has 4 rings (SSSR count). The van der Waals surface area contributed by atoms with E-state index in [1.165, 1.54) is 12.7 Å². The molecule has 0 bridgehead atoms. The summed E-state index contributed by atoms with van der Waals surface area (Å²) in [6.07, 6.45) is 2.82. The molecule has 2 heterocycles. The van der Waals surface area contributed by atoms with Crippen molar-refractivity contribution >= 4 is 11.5 Å². The van der Waals surface area contributed by atoms with Gasteiger partial charge in [0.1, 0.15) is 0 Å². The van der Waals surface area contributed by atoms with Crippen LogP contribution in [0.25, 0.3) is 16.6 Å². The fourth-order valence-corrected chi connectivity index (χ4v) is 3.61. The summed E-state index contributed by atoms with van der Waals surface area (Å²) < 4.78 is 7.28. The first-order chi connectivity index (χ1) is 13.2. The standard InChI is InChI=1S/C24H21NO2/c1-17-13-14-20-23(24(26)27-2)22(19-11-7-4-8-12-19)21(25(20)16-17)15-18-9-5-3-6-10-18/h3-14,16H,15H2,1-2H3. The molecule has 2 aromatic heterocycles. The van der Waals surface area contributed by atoms with E-state index in [-0.39, 0.29) is 5.97 Å². The summed E-state index contributed by atoms with van der Waals surface area (Å²) in [6.45, 7) is 2.06. The number of carbonyl (C=O) groups is 1. The van der Waals surface area contributed by atoms with Crippen LogP contribution in [0.4, 0.5) is 0 Å². The molecular weight excluding hydrogens is 334 g/mol. The summed E-state index contributed by atoms with van der Waals surface area (Å²) in [7, 11) is 1.44. The van der Waals surface area contributed by atoms with Crippen LogP contribution in [0.1, 0.15) is 27.2 Å². The average Bonchev–Trinajstić information content (AvgIpc) is 3.02. The van der Waals surface area contributed by atoms with Crippen LogP contribution in [0.15, 0.2) is 79.0 Å². The highest BCUT2D eigenvalue weighted by Gasteiger charge is 2.25. The number of aryl methyl sites for hydroxylation is 1. The molecule has 0 N–H and O–H groups in total. The van der Waals surface area contributed by atoms with E-state index in [1.54, 1.807) is 0 Å². The Labute approximate surface area is 158 Å². The predicted octanol–water partition coefficient (Wildman–Crippen LogP) is 5.29. The number of pyridine rings is 1. The van der Waals surface area contributed by atoms with Gasteiger partial charge < -0.3 is 9.14 Å². The number of rotatable bonds is 4. The fourth-order valence-electron chi connectivity index (χ4n) is 3.61. The molecular formula is C24H21NO2. The quantitative estimate of drug-likeness (QED) is 0.466. The smallest absolute Gasteiger partial charge is 0.340 e. The van der Waals surface area contributed by atoms with Crippen molar-refractivity contribution in [1.82, 2.24) is 4.40 Å². The molecule has 0 atom stereocenters. The molecule has 0 fully saturated rings. The Hall–Kier alpha value is -3.33. The molecule has 4 aromatic rings. The zero-order chi connectivity index (χ0) is 18.8. The fraction of sp³-hybridized carbons (Fsp3) is 0.125. The van der Waals surface area contributed by atoms with E-state index in [0.29, 0.717) is 5.56 Å². The van der Waals surface area contributed by atoms with Crippen molar-refractivity contribution in [3.05, 3.63) is 101 Å². The molecule has 0 aliphatic rings. The molecule has 3 heteroatoms. The number of hydrogen-bond acceptors (Lipinski definition) is 2. The zero-order valence-electron chi connectivity index (χ0n) is 15.5. The third-order valence-corrected chi connectivity index (χ3v) is 4.85. The van der Waals surface area contributed by atoms with Gasteiger partial charge in [-0.05, 0) is 29.7 Å². The molecule has 0 aliphatic heterocycles. The second-order valence-corrected chi connectivity index (χ2v) is 6.68. The van der Waals surface area contributed by atoms with E-state index >= 15 is 0 Å². The van der Waals surface area contributed by atoms with E-state index in [2.05, 4.69) is 29.7 Å². The van der Waals surface area contributed by atoms with Crippen molar-refractivity contribution < 1.29 is 9.53 Å². The Bertz CT molecular complexity index is 1100. The Balaban J connectivity index is 2.06. The lowest BCUT2D eigenvalue weighted by Crippen LogP contribution is -2.02. The third-order valence-electron chi connectivity index (χ3n) is 4.85. The first-order valence-corrected chi connectivity index (χ1v) is 9.00.